The molecule has 0 spiro atoms. The van der Waals surface area contributed by atoms with Gasteiger partial charge in [-0.1, -0.05) is 18.6 Å². The van der Waals surface area contributed by atoms with E-state index in [4.69, 9.17) is 5.11 Å². The Morgan fingerprint density at radius 3 is 2.84 bits per heavy atom. The first-order valence-electron chi connectivity index (χ1n) is 7.10. The van der Waals surface area contributed by atoms with Crippen LogP contribution in [-0.4, -0.2) is 35.6 Å². The van der Waals surface area contributed by atoms with Crippen LogP contribution < -0.4 is 10.6 Å². The normalized spacial score (nSPS) is 40.3. The number of rotatable bonds is 3. The number of carboxylic acids is 1. The number of fused-ring (bicyclic) bond motifs is 1. The van der Waals surface area contributed by atoms with Crippen molar-refractivity contribution in [1.82, 2.24) is 10.6 Å². The van der Waals surface area contributed by atoms with E-state index >= 15 is 0 Å². The summed E-state index contributed by atoms with van der Waals surface area (Å²) in [5.74, 6) is -0.110. The standard InChI is InChI=1S/C14H20N2O3/c17-13(12-11-3-1-2-9(11)7-15-12)16-10-5-4-8(6-10)14(18)19/h4-5,8-12,15H,1-3,6-7H2,(H,16,17)(H,18,19). The molecule has 3 aliphatic rings. The minimum atomic E-state index is -0.817. The molecule has 5 heteroatoms. The van der Waals surface area contributed by atoms with Crippen molar-refractivity contribution < 1.29 is 14.7 Å². The van der Waals surface area contributed by atoms with Crippen molar-refractivity contribution in [1.29, 1.82) is 0 Å². The second-order valence-corrected chi connectivity index (χ2v) is 5.92. The Morgan fingerprint density at radius 2 is 2.11 bits per heavy atom. The third kappa shape index (κ3) is 2.39. The first-order valence-corrected chi connectivity index (χ1v) is 7.10. The maximum Gasteiger partial charge on any atom is 0.310 e. The number of hydrogen-bond acceptors (Lipinski definition) is 3. The molecular formula is C14H20N2O3. The van der Waals surface area contributed by atoms with Gasteiger partial charge in [-0.3, -0.25) is 9.59 Å². The highest BCUT2D eigenvalue weighted by Crippen LogP contribution is 2.37. The number of carbonyl (C=O) groups excluding carboxylic acids is 1. The third-order valence-electron chi connectivity index (χ3n) is 4.76. The van der Waals surface area contributed by atoms with Crippen molar-refractivity contribution in [2.24, 2.45) is 17.8 Å². The van der Waals surface area contributed by atoms with Crippen LogP contribution in [0.15, 0.2) is 12.2 Å². The van der Waals surface area contributed by atoms with Gasteiger partial charge in [0.1, 0.15) is 0 Å². The predicted molar refractivity (Wildman–Crippen MR) is 69.4 cm³/mol. The van der Waals surface area contributed by atoms with Gasteiger partial charge >= 0.3 is 5.97 Å². The van der Waals surface area contributed by atoms with Gasteiger partial charge in [-0.25, -0.2) is 0 Å². The Kier molecular flexibility index (Phi) is 3.31. The smallest absolute Gasteiger partial charge is 0.310 e. The van der Waals surface area contributed by atoms with Crippen LogP contribution in [0.3, 0.4) is 0 Å². The van der Waals surface area contributed by atoms with Crippen molar-refractivity contribution >= 4 is 11.9 Å². The van der Waals surface area contributed by atoms with E-state index in [1.165, 1.54) is 12.8 Å². The van der Waals surface area contributed by atoms with E-state index < -0.39 is 11.9 Å². The molecule has 2 aliphatic carbocycles. The van der Waals surface area contributed by atoms with Crippen molar-refractivity contribution in [3.05, 3.63) is 12.2 Å². The summed E-state index contributed by atoms with van der Waals surface area (Å²) in [7, 11) is 0. The number of carboxylic acid groups (broad SMARTS) is 1. The molecule has 1 saturated carbocycles. The molecule has 1 amide bonds. The minimum Gasteiger partial charge on any atom is -0.481 e. The van der Waals surface area contributed by atoms with Crippen LogP contribution in [0.2, 0.25) is 0 Å². The van der Waals surface area contributed by atoms with Gasteiger partial charge in [-0.2, -0.15) is 0 Å². The predicted octanol–water partition coefficient (Wildman–Crippen LogP) is 0.520. The van der Waals surface area contributed by atoms with Gasteiger partial charge in [0.05, 0.1) is 12.0 Å². The van der Waals surface area contributed by atoms with Gasteiger partial charge in [0.25, 0.3) is 0 Å². The van der Waals surface area contributed by atoms with E-state index in [0.29, 0.717) is 18.3 Å². The fraction of sp³-hybridized carbons (Fsp3) is 0.714. The molecule has 1 aliphatic heterocycles. The quantitative estimate of drug-likeness (QED) is 0.649. The molecule has 0 bridgehead atoms. The van der Waals surface area contributed by atoms with Crippen molar-refractivity contribution in [2.75, 3.05) is 6.54 Å². The lowest BCUT2D eigenvalue weighted by atomic mass is 9.93. The van der Waals surface area contributed by atoms with Crippen LogP contribution in [0.1, 0.15) is 25.7 Å². The molecule has 2 fully saturated rings. The molecule has 5 nitrogen and oxygen atoms in total. The highest BCUT2D eigenvalue weighted by molar-refractivity contribution is 5.83. The summed E-state index contributed by atoms with van der Waals surface area (Å²) >= 11 is 0. The van der Waals surface area contributed by atoms with E-state index in [2.05, 4.69) is 10.6 Å². The van der Waals surface area contributed by atoms with Gasteiger partial charge in [0, 0.05) is 6.04 Å². The Morgan fingerprint density at radius 1 is 1.26 bits per heavy atom. The molecular weight excluding hydrogens is 244 g/mol. The summed E-state index contributed by atoms with van der Waals surface area (Å²) in [6.45, 7) is 0.945. The Bertz CT molecular complexity index is 421. The van der Waals surface area contributed by atoms with Crippen LogP contribution in [0.5, 0.6) is 0 Å². The highest BCUT2D eigenvalue weighted by atomic mass is 16.4. The Balaban J connectivity index is 1.55. The summed E-state index contributed by atoms with van der Waals surface area (Å²) in [6, 6.07) is -0.208. The second kappa shape index (κ2) is 4.96. The topological polar surface area (TPSA) is 78.4 Å². The number of nitrogens with one attached hydrogen (secondary N) is 2. The average Bonchev–Trinajstić information content (AvgIpc) is 3.03. The van der Waals surface area contributed by atoms with E-state index in [0.717, 1.165) is 13.0 Å². The number of amides is 1. The molecule has 0 radical (unpaired) electrons. The molecule has 3 rings (SSSR count). The summed E-state index contributed by atoms with van der Waals surface area (Å²) in [6.07, 6.45) is 7.54. The van der Waals surface area contributed by atoms with Gasteiger partial charge in [-0.05, 0) is 37.6 Å². The van der Waals surface area contributed by atoms with Crippen LogP contribution >= 0.6 is 0 Å². The molecule has 3 N–H and O–H groups in total. The molecule has 1 heterocycles. The first kappa shape index (κ1) is 12.7. The van der Waals surface area contributed by atoms with E-state index in [9.17, 15) is 9.59 Å². The highest BCUT2D eigenvalue weighted by Gasteiger charge is 2.42. The number of hydrogen-bond donors (Lipinski definition) is 3. The van der Waals surface area contributed by atoms with E-state index in [1.54, 1.807) is 12.2 Å². The van der Waals surface area contributed by atoms with Crippen LogP contribution in [-0.2, 0) is 9.59 Å². The molecule has 19 heavy (non-hydrogen) atoms. The van der Waals surface area contributed by atoms with Gasteiger partial charge in [-0.15, -0.1) is 0 Å². The zero-order valence-corrected chi connectivity index (χ0v) is 10.8. The van der Waals surface area contributed by atoms with E-state index in [1.807, 2.05) is 0 Å². The van der Waals surface area contributed by atoms with Gasteiger partial charge < -0.3 is 15.7 Å². The zero-order chi connectivity index (χ0) is 13.4. The maximum absolute atomic E-state index is 12.3. The molecule has 0 aromatic carbocycles. The van der Waals surface area contributed by atoms with Crippen molar-refractivity contribution in [3.8, 4) is 0 Å². The summed E-state index contributed by atoms with van der Waals surface area (Å²) in [4.78, 5) is 23.1. The molecule has 1 saturated heterocycles. The Hall–Kier alpha value is -1.36. The largest absolute Gasteiger partial charge is 0.481 e. The van der Waals surface area contributed by atoms with Crippen LogP contribution in [0.4, 0.5) is 0 Å². The molecule has 104 valence electrons. The third-order valence-corrected chi connectivity index (χ3v) is 4.76. The SMILES string of the molecule is O=C(O)C1C=CC(NC(=O)C2NCC3CCCC32)C1. The number of carbonyl (C=O) groups is 2. The van der Waals surface area contributed by atoms with E-state index in [-0.39, 0.29) is 18.0 Å². The molecule has 5 unspecified atom stereocenters. The first-order chi connectivity index (χ1) is 9.15. The second-order valence-electron chi connectivity index (χ2n) is 5.92. The molecule has 0 aromatic heterocycles. The van der Waals surface area contributed by atoms with Crippen molar-refractivity contribution in [2.45, 2.75) is 37.8 Å². The van der Waals surface area contributed by atoms with Gasteiger partial charge in [0.15, 0.2) is 0 Å². The van der Waals surface area contributed by atoms with Crippen LogP contribution in [0.25, 0.3) is 0 Å². The lowest BCUT2D eigenvalue weighted by Gasteiger charge is -2.20. The minimum absolute atomic E-state index is 0.0371. The fourth-order valence-corrected chi connectivity index (χ4v) is 3.74. The fourth-order valence-electron chi connectivity index (χ4n) is 3.74. The number of aliphatic carboxylic acids is 1. The summed E-state index contributed by atoms with van der Waals surface area (Å²) in [5.41, 5.74) is 0. The molecule has 5 atom stereocenters. The monoisotopic (exact) mass is 264 g/mol. The lowest BCUT2D eigenvalue weighted by molar-refractivity contribution is -0.140. The average molecular weight is 264 g/mol. The van der Waals surface area contributed by atoms with Crippen molar-refractivity contribution in [3.63, 3.8) is 0 Å². The maximum atomic E-state index is 12.3. The van der Waals surface area contributed by atoms with Crippen LogP contribution in [0, 0.1) is 17.8 Å². The molecule has 0 aromatic rings. The summed E-state index contributed by atoms with van der Waals surface area (Å²) in [5, 5.41) is 15.2. The summed E-state index contributed by atoms with van der Waals surface area (Å²) < 4.78 is 0. The Labute approximate surface area is 112 Å². The zero-order valence-electron chi connectivity index (χ0n) is 10.8. The lowest BCUT2D eigenvalue weighted by Crippen LogP contribution is -2.47. The van der Waals surface area contributed by atoms with Gasteiger partial charge in [0.2, 0.25) is 5.91 Å².